The van der Waals surface area contributed by atoms with Gasteiger partial charge in [-0.15, -0.1) is 0 Å². The Labute approximate surface area is 345 Å². The van der Waals surface area contributed by atoms with Gasteiger partial charge in [0, 0.05) is 61.8 Å². The van der Waals surface area contributed by atoms with Gasteiger partial charge in [-0.05, 0) is 99.2 Å². The van der Waals surface area contributed by atoms with E-state index in [1.165, 1.54) is 9.80 Å². The summed E-state index contributed by atoms with van der Waals surface area (Å²) in [7, 11) is 3.34. The molecule has 0 aliphatic rings. The second-order valence-electron chi connectivity index (χ2n) is 16.0. The monoisotopic (exact) mass is 798 g/mol. The van der Waals surface area contributed by atoms with Gasteiger partial charge in [0.05, 0.1) is 48.7 Å². The second-order valence-corrected chi connectivity index (χ2v) is 16.0. The van der Waals surface area contributed by atoms with E-state index in [0.717, 1.165) is 45.1 Å². The molecule has 0 bridgehead atoms. The van der Waals surface area contributed by atoms with Crippen LogP contribution in [0.15, 0.2) is 85.5 Å². The van der Waals surface area contributed by atoms with Crippen LogP contribution in [0.5, 0.6) is 0 Å². The highest BCUT2D eigenvalue weighted by Gasteiger charge is 2.30. The Kier molecular flexibility index (Phi) is 13.5. The van der Waals surface area contributed by atoms with Crippen LogP contribution in [0.4, 0.5) is 0 Å². The van der Waals surface area contributed by atoms with Crippen molar-refractivity contribution in [1.29, 1.82) is 0 Å². The fraction of sp³-hybridized carbons (Fsp3) is 0.391. The minimum absolute atomic E-state index is 0.0963. The van der Waals surface area contributed by atoms with Crippen LogP contribution in [0.25, 0.3) is 33.4 Å². The molecule has 0 unspecified atom stereocenters. The molecule has 308 valence electrons. The number of carbonyl (C=O) groups is 4. The molecule has 4 aromatic heterocycles. The lowest BCUT2D eigenvalue weighted by Crippen LogP contribution is -2.44. The van der Waals surface area contributed by atoms with Gasteiger partial charge in [0.15, 0.2) is 11.6 Å². The number of ketones is 2. The van der Waals surface area contributed by atoms with Crippen molar-refractivity contribution in [1.82, 2.24) is 38.9 Å². The zero-order valence-electron chi connectivity index (χ0n) is 35.3. The van der Waals surface area contributed by atoms with Crippen molar-refractivity contribution in [3.63, 3.8) is 0 Å². The first-order valence-electron chi connectivity index (χ1n) is 20.2. The predicted molar refractivity (Wildman–Crippen MR) is 228 cm³/mol. The number of rotatable bonds is 18. The lowest BCUT2D eigenvalue weighted by Gasteiger charge is -2.29. The number of imidazole rings is 2. The third kappa shape index (κ3) is 9.63. The van der Waals surface area contributed by atoms with Gasteiger partial charge < -0.3 is 14.5 Å². The Balaban J connectivity index is 1.02. The largest absolute Gasteiger partial charge is 0.381 e. The van der Waals surface area contributed by atoms with E-state index in [9.17, 15) is 19.2 Å². The van der Waals surface area contributed by atoms with E-state index in [4.69, 9.17) is 4.74 Å². The summed E-state index contributed by atoms with van der Waals surface area (Å²) in [6.07, 6.45) is 8.10. The van der Waals surface area contributed by atoms with Crippen molar-refractivity contribution >= 4 is 45.4 Å². The third-order valence-electron chi connectivity index (χ3n) is 10.7. The highest BCUT2D eigenvalue weighted by atomic mass is 16.5. The van der Waals surface area contributed by atoms with Gasteiger partial charge in [0.1, 0.15) is 22.7 Å². The van der Waals surface area contributed by atoms with Crippen LogP contribution >= 0.6 is 0 Å². The SMILES string of the molecule is Cc1nc2cnccc2n1-c1ccc(C(=O)N(C)[C@@H](CC(C)C)C(=O)CCOCCC(=O)[C@H](CC(C)C)N(C)C(=O)c2ccc(-n3c(C)nc4cnccc43)cc2)cc1. The van der Waals surface area contributed by atoms with Crippen LogP contribution in [-0.4, -0.2) is 102 Å². The number of nitrogens with zero attached hydrogens (tertiary/aromatic N) is 8. The fourth-order valence-electron chi connectivity index (χ4n) is 7.64. The van der Waals surface area contributed by atoms with Gasteiger partial charge in [-0.2, -0.15) is 0 Å². The summed E-state index contributed by atoms with van der Waals surface area (Å²) in [5, 5.41) is 0. The van der Waals surface area contributed by atoms with Crippen molar-refractivity contribution in [2.45, 2.75) is 79.3 Å². The van der Waals surface area contributed by atoms with Crippen LogP contribution in [0.1, 0.15) is 85.7 Å². The number of amides is 2. The third-order valence-corrected chi connectivity index (χ3v) is 10.7. The summed E-state index contributed by atoms with van der Waals surface area (Å²) in [4.78, 5) is 75.2. The quantitative estimate of drug-likeness (QED) is 0.0814. The maximum Gasteiger partial charge on any atom is 0.254 e. The average molecular weight is 799 g/mol. The van der Waals surface area contributed by atoms with Crippen LogP contribution in [-0.2, 0) is 14.3 Å². The van der Waals surface area contributed by atoms with Crippen LogP contribution < -0.4 is 0 Å². The lowest BCUT2D eigenvalue weighted by molar-refractivity contribution is -0.125. The number of hydrogen-bond acceptors (Lipinski definition) is 9. The average Bonchev–Trinajstić information content (AvgIpc) is 3.75. The highest BCUT2D eigenvalue weighted by Crippen LogP contribution is 2.24. The van der Waals surface area contributed by atoms with Gasteiger partial charge in [-0.3, -0.25) is 38.3 Å². The number of Topliss-reactive ketones (excluding diaryl/α,β-unsaturated/α-hetero) is 2. The molecule has 6 aromatic rings. The number of aryl methyl sites for hydroxylation is 2. The molecule has 0 spiro atoms. The van der Waals surface area contributed by atoms with Crippen molar-refractivity contribution in [2.75, 3.05) is 27.3 Å². The Morgan fingerprint density at radius 3 is 1.32 bits per heavy atom. The molecule has 0 N–H and O–H groups in total. The predicted octanol–water partition coefficient (Wildman–Crippen LogP) is 7.38. The molecule has 4 heterocycles. The summed E-state index contributed by atoms with van der Waals surface area (Å²) < 4.78 is 9.87. The van der Waals surface area contributed by atoms with Crippen LogP contribution in [0, 0.1) is 25.7 Å². The first-order chi connectivity index (χ1) is 28.2. The van der Waals surface area contributed by atoms with Crippen LogP contribution in [0.3, 0.4) is 0 Å². The first-order valence-corrected chi connectivity index (χ1v) is 20.2. The lowest BCUT2D eigenvalue weighted by atomic mass is 9.96. The van der Waals surface area contributed by atoms with Crippen molar-refractivity contribution in [3.8, 4) is 11.4 Å². The Morgan fingerprint density at radius 1 is 0.593 bits per heavy atom. The van der Waals surface area contributed by atoms with E-state index in [0.29, 0.717) is 24.0 Å². The molecule has 0 saturated heterocycles. The molecular weight excluding hydrogens is 745 g/mol. The van der Waals surface area contributed by atoms with Gasteiger partial charge >= 0.3 is 0 Å². The first kappa shape index (κ1) is 42.5. The standard InChI is InChI=1S/C46H54N8O5/c1-29(2)25-41(51(7)45(57)33-9-13-35(14-10-33)53-31(5)49-37-27-47-21-17-39(37)53)43(55)19-23-59-24-20-44(56)42(26-30(3)4)52(8)46(58)34-11-15-36(16-12-34)54-32(6)50-38-28-48-22-18-40(38)54/h9-18,21-22,27-30,41-42H,19-20,23-26H2,1-8H3/t41-,42-/m0/s1. The normalized spacial score (nSPS) is 12.6. The molecule has 59 heavy (non-hydrogen) atoms. The number of benzene rings is 2. The summed E-state index contributed by atoms with van der Waals surface area (Å²) in [6, 6.07) is 17.1. The molecule has 0 saturated carbocycles. The molecule has 13 nitrogen and oxygen atoms in total. The van der Waals surface area contributed by atoms with Gasteiger partial charge in [0.2, 0.25) is 0 Å². The minimum Gasteiger partial charge on any atom is -0.381 e. The zero-order valence-corrected chi connectivity index (χ0v) is 35.3. The number of likely N-dealkylation sites (N-methyl/N-ethyl adjacent to an activating group) is 2. The summed E-state index contributed by atoms with van der Waals surface area (Å²) in [6.45, 7) is 12.2. The Bertz CT molecular complexity index is 2260. The molecule has 0 radical (unpaired) electrons. The molecule has 6 rings (SSSR count). The molecule has 0 aliphatic heterocycles. The van der Waals surface area contributed by atoms with E-state index in [-0.39, 0.29) is 61.3 Å². The molecule has 2 atom stereocenters. The van der Waals surface area contributed by atoms with E-state index in [2.05, 4.69) is 19.9 Å². The van der Waals surface area contributed by atoms with E-state index >= 15 is 0 Å². The number of hydrogen-bond donors (Lipinski definition) is 0. The maximum atomic E-state index is 13.7. The van der Waals surface area contributed by atoms with Crippen LogP contribution in [0.2, 0.25) is 0 Å². The molecule has 13 heteroatoms. The Hall–Kier alpha value is -6.08. The number of aromatic nitrogens is 6. The van der Waals surface area contributed by atoms with Crippen molar-refractivity contribution in [2.24, 2.45) is 11.8 Å². The molecule has 2 aromatic carbocycles. The molecule has 2 amide bonds. The zero-order chi connectivity index (χ0) is 42.4. The minimum atomic E-state index is -0.635. The number of carbonyl (C=O) groups excluding carboxylic acids is 4. The van der Waals surface area contributed by atoms with E-state index in [1.807, 2.05) is 87.1 Å². The van der Waals surface area contributed by atoms with E-state index in [1.54, 1.807) is 63.1 Å². The fourth-order valence-corrected chi connectivity index (χ4v) is 7.64. The summed E-state index contributed by atoms with van der Waals surface area (Å²) >= 11 is 0. The summed E-state index contributed by atoms with van der Waals surface area (Å²) in [5.41, 5.74) is 6.12. The number of fused-ring (bicyclic) bond motifs is 2. The topological polar surface area (TPSA) is 145 Å². The van der Waals surface area contributed by atoms with Gasteiger partial charge in [-0.25, -0.2) is 9.97 Å². The van der Waals surface area contributed by atoms with Crippen molar-refractivity contribution < 1.29 is 23.9 Å². The Morgan fingerprint density at radius 2 is 0.966 bits per heavy atom. The smallest absolute Gasteiger partial charge is 0.254 e. The van der Waals surface area contributed by atoms with Gasteiger partial charge in [0.25, 0.3) is 11.8 Å². The maximum absolute atomic E-state index is 13.7. The van der Waals surface area contributed by atoms with E-state index < -0.39 is 12.1 Å². The number of ether oxygens (including phenoxy) is 1. The van der Waals surface area contributed by atoms with Crippen molar-refractivity contribution in [3.05, 3.63) is 108 Å². The second kappa shape index (κ2) is 18.7. The molecular formula is C46H54N8O5. The van der Waals surface area contributed by atoms with Gasteiger partial charge in [-0.1, -0.05) is 27.7 Å². The highest BCUT2D eigenvalue weighted by molar-refractivity contribution is 5.99. The number of pyridine rings is 2. The molecule has 0 fully saturated rings. The molecule has 0 aliphatic carbocycles. The summed E-state index contributed by atoms with van der Waals surface area (Å²) in [5.74, 6) is 1.26.